The molecular formula is C17H23N5O. The Labute approximate surface area is 136 Å². The Hall–Kier alpha value is -2.21. The van der Waals surface area contributed by atoms with E-state index >= 15 is 0 Å². The highest BCUT2D eigenvalue weighted by atomic mass is 16.5. The number of aromatic nitrogens is 3. The molecule has 3 rings (SSSR count). The lowest BCUT2D eigenvalue weighted by molar-refractivity contribution is 0.122. The fraction of sp³-hybridized carbons (Fsp3) is 0.471. The van der Waals surface area contributed by atoms with Crippen LogP contribution in [-0.4, -0.2) is 41.3 Å². The average Bonchev–Trinajstić information content (AvgIpc) is 2.54. The third kappa shape index (κ3) is 3.42. The third-order valence-corrected chi connectivity index (χ3v) is 4.16. The molecule has 1 aliphatic rings. The van der Waals surface area contributed by atoms with Crippen LogP contribution in [0.3, 0.4) is 0 Å². The molecule has 1 N–H and O–H groups in total. The molecule has 0 atom stereocenters. The van der Waals surface area contributed by atoms with Crippen LogP contribution < -0.4 is 10.2 Å². The zero-order chi connectivity index (χ0) is 16.4. The fourth-order valence-corrected chi connectivity index (χ4v) is 2.67. The van der Waals surface area contributed by atoms with Gasteiger partial charge >= 0.3 is 0 Å². The third-order valence-electron chi connectivity index (χ3n) is 4.16. The Kier molecular flexibility index (Phi) is 4.43. The van der Waals surface area contributed by atoms with Gasteiger partial charge in [0.05, 0.1) is 24.6 Å². The summed E-state index contributed by atoms with van der Waals surface area (Å²) in [6, 6.07) is 4.12. The Morgan fingerprint density at radius 1 is 0.957 bits per heavy atom. The van der Waals surface area contributed by atoms with Crippen LogP contribution in [0, 0.1) is 27.7 Å². The van der Waals surface area contributed by atoms with E-state index < -0.39 is 0 Å². The number of nitrogens with one attached hydrogen (secondary N) is 1. The van der Waals surface area contributed by atoms with Gasteiger partial charge in [-0.2, -0.15) is 0 Å². The quantitative estimate of drug-likeness (QED) is 0.940. The normalized spacial score (nSPS) is 14.9. The average molecular weight is 313 g/mol. The van der Waals surface area contributed by atoms with Crippen molar-refractivity contribution in [3.05, 3.63) is 34.9 Å². The molecule has 0 spiro atoms. The van der Waals surface area contributed by atoms with Crippen molar-refractivity contribution in [2.45, 2.75) is 27.7 Å². The van der Waals surface area contributed by atoms with Gasteiger partial charge in [-0.1, -0.05) is 0 Å². The van der Waals surface area contributed by atoms with Crippen LogP contribution in [0.25, 0.3) is 0 Å². The van der Waals surface area contributed by atoms with Crippen molar-refractivity contribution < 1.29 is 4.74 Å². The van der Waals surface area contributed by atoms with E-state index in [9.17, 15) is 0 Å². The molecule has 0 radical (unpaired) electrons. The van der Waals surface area contributed by atoms with Gasteiger partial charge < -0.3 is 15.0 Å². The maximum Gasteiger partial charge on any atom is 0.137 e. The first kappa shape index (κ1) is 15.7. The summed E-state index contributed by atoms with van der Waals surface area (Å²) in [5, 5.41) is 3.40. The van der Waals surface area contributed by atoms with Crippen molar-refractivity contribution in [3.8, 4) is 0 Å². The van der Waals surface area contributed by atoms with Crippen molar-refractivity contribution in [3.63, 3.8) is 0 Å². The first-order chi connectivity index (χ1) is 11.0. The van der Waals surface area contributed by atoms with Gasteiger partial charge in [-0.3, -0.25) is 0 Å². The van der Waals surface area contributed by atoms with E-state index in [0.717, 1.165) is 66.4 Å². The van der Waals surface area contributed by atoms with Gasteiger partial charge in [-0.25, -0.2) is 15.0 Å². The second-order valence-corrected chi connectivity index (χ2v) is 5.86. The molecule has 3 heterocycles. The summed E-state index contributed by atoms with van der Waals surface area (Å²) in [5.74, 6) is 2.62. The maximum absolute atomic E-state index is 5.39. The lowest BCUT2D eigenvalue weighted by Gasteiger charge is -2.28. The predicted octanol–water partition coefficient (Wildman–Crippen LogP) is 2.69. The highest BCUT2D eigenvalue weighted by Gasteiger charge is 2.14. The Bertz CT molecular complexity index is 710. The fourth-order valence-electron chi connectivity index (χ4n) is 2.67. The van der Waals surface area contributed by atoms with Crippen molar-refractivity contribution in [2.24, 2.45) is 0 Å². The molecule has 1 fully saturated rings. The summed E-state index contributed by atoms with van der Waals surface area (Å²) in [7, 11) is 0. The van der Waals surface area contributed by atoms with E-state index in [-0.39, 0.29) is 0 Å². The standard InChI is InChI=1S/C17H23N5O/c1-11-12(2)18-14(4)20-17(11)21-15-5-6-16(19-13(15)3)22-7-9-23-10-8-22/h5-6H,7-10H2,1-4H3,(H,18,20,21). The highest BCUT2D eigenvalue weighted by molar-refractivity contribution is 5.63. The first-order valence-corrected chi connectivity index (χ1v) is 7.94. The molecule has 2 aromatic heterocycles. The number of nitrogens with zero attached hydrogens (tertiary/aromatic N) is 4. The smallest absolute Gasteiger partial charge is 0.137 e. The number of ether oxygens (including phenoxy) is 1. The van der Waals surface area contributed by atoms with Crippen LogP contribution in [0.1, 0.15) is 22.8 Å². The van der Waals surface area contributed by atoms with Crippen LogP contribution in [-0.2, 0) is 4.74 Å². The monoisotopic (exact) mass is 313 g/mol. The summed E-state index contributed by atoms with van der Waals surface area (Å²) in [6.07, 6.45) is 0. The first-order valence-electron chi connectivity index (χ1n) is 7.94. The van der Waals surface area contributed by atoms with Crippen molar-refractivity contribution >= 4 is 17.3 Å². The Morgan fingerprint density at radius 3 is 2.39 bits per heavy atom. The Morgan fingerprint density at radius 2 is 1.70 bits per heavy atom. The van der Waals surface area contributed by atoms with E-state index in [1.807, 2.05) is 27.7 Å². The minimum absolute atomic E-state index is 0.763. The summed E-state index contributed by atoms with van der Waals surface area (Å²) >= 11 is 0. The zero-order valence-electron chi connectivity index (χ0n) is 14.2. The number of rotatable bonds is 3. The lowest BCUT2D eigenvalue weighted by Crippen LogP contribution is -2.36. The van der Waals surface area contributed by atoms with E-state index in [4.69, 9.17) is 9.72 Å². The summed E-state index contributed by atoms with van der Waals surface area (Å²) in [6.45, 7) is 11.3. The van der Waals surface area contributed by atoms with Crippen LogP contribution >= 0.6 is 0 Å². The molecule has 1 aliphatic heterocycles. The number of pyridine rings is 1. The van der Waals surface area contributed by atoms with Gasteiger partial charge in [-0.15, -0.1) is 0 Å². The number of morpholine rings is 1. The number of anilines is 3. The number of aryl methyl sites for hydroxylation is 3. The van der Waals surface area contributed by atoms with Crippen LogP contribution in [0.4, 0.5) is 17.3 Å². The van der Waals surface area contributed by atoms with Crippen molar-refractivity contribution in [1.82, 2.24) is 15.0 Å². The van der Waals surface area contributed by atoms with E-state index in [0.29, 0.717) is 0 Å². The van der Waals surface area contributed by atoms with Crippen LogP contribution in [0.15, 0.2) is 12.1 Å². The molecule has 0 amide bonds. The Balaban J connectivity index is 1.84. The molecule has 1 saturated heterocycles. The van der Waals surface area contributed by atoms with Gasteiger partial charge in [-0.05, 0) is 39.8 Å². The van der Waals surface area contributed by atoms with E-state index in [1.165, 1.54) is 0 Å². The molecule has 0 unspecified atom stereocenters. The molecule has 0 bridgehead atoms. The molecule has 0 aromatic carbocycles. The molecular weight excluding hydrogens is 290 g/mol. The van der Waals surface area contributed by atoms with Gasteiger partial charge in [0.15, 0.2) is 0 Å². The van der Waals surface area contributed by atoms with Gasteiger partial charge in [0.2, 0.25) is 0 Å². The van der Waals surface area contributed by atoms with Crippen molar-refractivity contribution in [2.75, 3.05) is 36.5 Å². The topological polar surface area (TPSA) is 63.2 Å². The highest BCUT2D eigenvalue weighted by Crippen LogP contribution is 2.24. The molecule has 6 heteroatoms. The molecule has 0 aliphatic carbocycles. The second kappa shape index (κ2) is 6.50. The summed E-state index contributed by atoms with van der Waals surface area (Å²) < 4.78 is 5.39. The summed E-state index contributed by atoms with van der Waals surface area (Å²) in [4.78, 5) is 15.9. The van der Waals surface area contributed by atoms with Gasteiger partial charge in [0.1, 0.15) is 17.5 Å². The SMILES string of the molecule is Cc1nc(C)c(C)c(Nc2ccc(N3CCOCC3)nc2C)n1. The van der Waals surface area contributed by atoms with Gasteiger partial charge in [0.25, 0.3) is 0 Å². The molecule has 2 aromatic rings. The lowest BCUT2D eigenvalue weighted by atomic mass is 10.2. The second-order valence-electron chi connectivity index (χ2n) is 5.86. The largest absolute Gasteiger partial charge is 0.378 e. The minimum atomic E-state index is 0.763. The van der Waals surface area contributed by atoms with Gasteiger partial charge in [0, 0.05) is 24.3 Å². The molecule has 23 heavy (non-hydrogen) atoms. The molecule has 6 nitrogen and oxygen atoms in total. The minimum Gasteiger partial charge on any atom is -0.378 e. The van der Waals surface area contributed by atoms with E-state index in [2.05, 4.69) is 32.3 Å². The van der Waals surface area contributed by atoms with Crippen LogP contribution in [0.5, 0.6) is 0 Å². The molecule has 122 valence electrons. The van der Waals surface area contributed by atoms with Crippen molar-refractivity contribution in [1.29, 1.82) is 0 Å². The summed E-state index contributed by atoms with van der Waals surface area (Å²) in [5.41, 5.74) is 3.99. The van der Waals surface area contributed by atoms with E-state index in [1.54, 1.807) is 0 Å². The molecule has 0 saturated carbocycles. The maximum atomic E-state index is 5.39. The predicted molar refractivity (Wildman–Crippen MR) is 91.5 cm³/mol. The van der Waals surface area contributed by atoms with Crippen LogP contribution in [0.2, 0.25) is 0 Å². The number of hydrogen-bond acceptors (Lipinski definition) is 6. The number of hydrogen-bond donors (Lipinski definition) is 1. The zero-order valence-corrected chi connectivity index (χ0v) is 14.2.